The topological polar surface area (TPSA) is 102 Å². The van der Waals surface area contributed by atoms with Gasteiger partial charge in [0.2, 0.25) is 0 Å². The van der Waals surface area contributed by atoms with Gasteiger partial charge in [-0.25, -0.2) is 4.79 Å². The van der Waals surface area contributed by atoms with Gasteiger partial charge in [0.25, 0.3) is 0 Å². The van der Waals surface area contributed by atoms with Crippen LogP contribution in [0.25, 0.3) is 0 Å². The predicted octanol–water partition coefficient (Wildman–Crippen LogP) is 2.26. The molecule has 4 rings (SSSR count). The summed E-state index contributed by atoms with van der Waals surface area (Å²) >= 11 is 0. The van der Waals surface area contributed by atoms with Gasteiger partial charge in [-0.05, 0) is 27.2 Å². The van der Waals surface area contributed by atoms with Crippen LogP contribution in [-0.4, -0.2) is 56.8 Å². The molecule has 0 radical (unpaired) electrons. The van der Waals surface area contributed by atoms with Crippen LogP contribution in [0.15, 0.2) is 0 Å². The summed E-state index contributed by atoms with van der Waals surface area (Å²) in [7, 11) is 0. The van der Waals surface area contributed by atoms with E-state index in [2.05, 4.69) is 0 Å². The first-order chi connectivity index (χ1) is 12.7. The van der Waals surface area contributed by atoms with Crippen molar-refractivity contribution < 1.29 is 34.0 Å². The summed E-state index contributed by atoms with van der Waals surface area (Å²) in [6.45, 7) is 8.80. The molecule has 0 aromatic heterocycles. The minimum atomic E-state index is -1.17. The van der Waals surface area contributed by atoms with Crippen molar-refractivity contribution in [1.29, 1.82) is 0 Å². The third-order valence-corrected chi connectivity index (χ3v) is 6.16. The second-order valence-electron chi connectivity index (χ2n) is 10.5. The summed E-state index contributed by atoms with van der Waals surface area (Å²) in [6.07, 6.45) is 2.48. The molecule has 3 atom stereocenters. The van der Waals surface area contributed by atoms with Crippen LogP contribution in [0.1, 0.15) is 79.6 Å². The van der Waals surface area contributed by atoms with Crippen LogP contribution in [0, 0.1) is 5.92 Å². The Labute approximate surface area is 166 Å². The van der Waals surface area contributed by atoms with Gasteiger partial charge in [-0.3, -0.25) is 4.79 Å². The van der Waals surface area contributed by atoms with E-state index in [-0.39, 0.29) is 24.9 Å². The van der Waals surface area contributed by atoms with E-state index in [1.54, 1.807) is 27.7 Å². The van der Waals surface area contributed by atoms with Gasteiger partial charge in [0.1, 0.15) is 17.8 Å². The third kappa shape index (κ3) is 4.36. The standard InChI is InChI=1S/C21H34O7/c1-6-14(2)16(23)28-21-11-18(24)8-19(25,12-21)10-20(9-18,13-21)26-7-15(22)27-17(3,4)5/h14,24-25H,6-13H2,1-5H3. The molecule has 0 heterocycles. The zero-order chi connectivity index (χ0) is 21.0. The number of hydrogen-bond acceptors (Lipinski definition) is 7. The van der Waals surface area contributed by atoms with Gasteiger partial charge in [-0.2, -0.15) is 0 Å². The molecule has 7 heteroatoms. The van der Waals surface area contributed by atoms with Crippen molar-refractivity contribution in [1.82, 2.24) is 0 Å². The average Bonchev–Trinajstić information content (AvgIpc) is 2.46. The smallest absolute Gasteiger partial charge is 0.332 e. The second kappa shape index (κ2) is 6.67. The van der Waals surface area contributed by atoms with Crippen molar-refractivity contribution in [3.8, 4) is 0 Å². The Morgan fingerprint density at radius 3 is 2.00 bits per heavy atom. The Morgan fingerprint density at radius 2 is 1.50 bits per heavy atom. The zero-order valence-corrected chi connectivity index (χ0v) is 17.7. The molecular weight excluding hydrogens is 364 g/mol. The van der Waals surface area contributed by atoms with E-state index >= 15 is 0 Å². The normalized spacial score (nSPS) is 40.2. The van der Waals surface area contributed by atoms with Crippen LogP contribution < -0.4 is 0 Å². The van der Waals surface area contributed by atoms with E-state index in [1.807, 2.05) is 6.92 Å². The fourth-order valence-corrected chi connectivity index (χ4v) is 5.67. The van der Waals surface area contributed by atoms with Crippen LogP contribution in [0.3, 0.4) is 0 Å². The average molecular weight is 398 g/mol. The van der Waals surface area contributed by atoms with E-state index in [9.17, 15) is 19.8 Å². The number of hydrogen-bond donors (Lipinski definition) is 2. The van der Waals surface area contributed by atoms with Gasteiger partial charge in [0.05, 0.1) is 22.7 Å². The van der Waals surface area contributed by atoms with Crippen LogP contribution in [0.4, 0.5) is 0 Å². The van der Waals surface area contributed by atoms with Crippen LogP contribution in [-0.2, 0) is 23.8 Å². The highest BCUT2D eigenvalue weighted by atomic mass is 16.6. The molecule has 7 nitrogen and oxygen atoms in total. The Hall–Kier alpha value is -1.18. The molecule has 0 amide bonds. The highest BCUT2D eigenvalue weighted by Gasteiger charge is 2.70. The van der Waals surface area contributed by atoms with Crippen molar-refractivity contribution >= 4 is 11.9 Å². The van der Waals surface area contributed by atoms with Crippen LogP contribution in [0.5, 0.6) is 0 Å². The molecule has 0 spiro atoms. The molecule has 2 N–H and O–H groups in total. The molecule has 0 aliphatic heterocycles. The van der Waals surface area contributed by atoms with E-state index in [0.717, 1.165) is 0 Å². The first-order valence-corrected chi connectivity index (χ1v) is 10.2. The van der Waals surface area contributed by atoms with E-state index < -0.39 is 34.0 Å². The number of esters is 2. The number of rotatable bonds is 6. The van der Waals surface area contributed by atoms with Crippen molar-refractivity contribution in [2.75, 3.05) is 6.61 Å². The maximum Gasteiger partial charge on any atom is 0.332 e. The van der Waals surface area contributed by atoms with Crippen molar-refractivity contribution in [3.63, 3.8) is 0 Å². The van der Waals surface area contributed by atoms with Gasteiger partial charge in [0.15, 0.2) is 0 Å². The summed E-state index contributed by atoms with van der Waals surface area (Å²) in [5.74, 6) is -1.07. The molecule has 4 bridgehead atoms. The first-order valence-electron chi connectivity index (χ1n) is 10.2. The second-order valence-corrected chi connectivity index (χ2v) is 10.5. The molecular formula is C21H34O7. The monoisotopic (exact) mass is 398 g/mol. The summed E-state index contributed by atoms with van der Waals surface area (Å²) in [5, 5.41) is 22.2. The largest absolute Gasteiger partial charge is 0.459 e. The van der Waals surface area contributed by atoms with Gasteiger partial charge in [-0.15, -0.1) is 0 Å². The molecule has 4 fully saturated rings. The van der Waals surface area contributed by atoms with E-state index in [1.165, 1.54) is 0 Å². The lowest BCUT2D eigenvalue weighted by atomic mass is 9.48. The molecule has 3 unspecified atom stereocenters. The molecule has 4 saturated carbocycles. The molecule has 0 saturated heterocycles. The zero-order valence-electron chi connectivity index (χ0n) is 17.7. The summed E-state index contributed by atoms with van der Waals surface area (Å²) in [4.78, 5) is 24.6. The molecule has 0 aromatic carbocycles. The molecule has 160 valence electrons. The highest BCUT2D eigenvalue weighted by Crippen LogP contribution is 2.63. The van der Waals surface area contributed by atoms with Crippen molar-refractivity contribution in [2.45, 2.75) is 108 Å². The Kier molecular flexibility index (Phi) is 5.13. The summed E-state index contributed by atoms with van der Waals surface area (Å²) < 4.78 is 17.2. The van der Waals surface area contributed by atoms with Crippen LogP contribution >= 0.6 is 0 Å². The molecule has 28 heavy (non-hydrogen) atoms. The molecule has 4 aliphatic carbocycles. The number of ether oxygens (including phenoxy) is 3. The van der Waals surface area contributed by atoms with E-state index in [4.69, 9.17) is 14.2 Å². The van der Waals surface area contributed by atoms with Crippen molar-refractivity contribution in [3.05, 3.63) is 0 Å². The fourth-order valence-electron chi connectivity index (χ4n) is 5.67. The summed E-state index contributed by atoms with van der Waals surface area (Å²) in [5.41, 5.74) is -4.84. The molecule has 0 aromatic rings. The van der Waals surface area contributed by atoms with Crippen molar-refractivity contribution in [2.24, 2.45) is 5.92 Å². The predicted molar refractivity (Wildman–Crippen MR) is 100 cm³/mol. The summed E-state index contributed by atoms with van der Waals surface area (Å²) in [6, 6.07) is 0. The van der Waals surface area contributed by atoms with Gasteiger partial charge in [-0.1, -0.05) is 13.8 Å². The maximum atomic E-state index is 12.5. The number of aliphatic hydroxyl groups is 2. The quantitative estimate of drug-likeness (QED) is 0.662. The minimum Gasteiger partial charge on any atom is -0.459 e. The molecule has 4 aliphatic rings. The lowest BCUT2D eigenvalue weighted by Gasteiger charge is -2.66. The SMILES string of the molecule is CCC(C)C(=O)OC12CC3(O)CC(O)(CC(OCC(=O)OC(C)(C)C)(C3)C1)C2. The maximum absolute atomic E-state index is 12.5. The van der Waals surface area contributed by atoms with Crippen LogP contribution in [0.2, 0.25) is 0 Å². The Morgan fingerprint density at radius 1 is 0.964 bits per heavy atom. The minimum absolute atomic E-state index is 0.236. The highest BCUT2D eigenvalue weighted by molar-refractivity contribution is 5.72. The lowest BCUT2D eigenvalue weighted by Crippen LogP contribution is -2.73. The van der Waals surface area contributed by atoms with Gasteiger partial charge >= 0.3 is 11.9 Å². The van der Waals surface area contributed by atoms with Gasteiger partial charge in [0, 0.05) is 38.5 Å². The van der Waals surface area contributed by atoms with Gasteiger partial charge < -0.3 is 24.4 Å². The fraction of sp³-hybridized carbons (Fsp3) is 0.905. The number of carbonyl (C=O) groups excluding carboxylic acids is 2. The Balaban J connectivity index is 1.79. The van der Waals surface area contributed by atoms with E-state index in [0.29, 0.717) is 38.5 Å². The Bertz CT molecular complexity index is 632. The number of carbonyl (C=O) groups is 2. The third-order valence-electron chi connectivity index (χ3n) is 6.16. The first kappa shape index (κ1) is 21.5. The lowest BCUT2D eigenvalue weighted by molar-refractivity contribution is -0.311.